The fraction of sp³-hybridized carbons (Fsp3) is 0.286. The average molecular weight is 603 g/mol. The maximum absolute atomic E-state index is 13.8. The number of ether oxygens (including phenoxy) is 5. The van der Waals surface area contributed by atoms with Crippen LogP contribution in [-0.4, -0.2) is 55.7 Å². The summed E-state index contributed by atoms with van der Waals surface area (Å²) in [7, 11) is 2.65. The Morgan fingerprint density at radius 1 is 1.07 bits per heavy atom. The van der Waals surface area contributed by atoms with Crippen molar-refractivity contribution in [2.24, 2.45) is 4.99 Å². The molecule has 1 atom stereocenters. The number of aromatic nitrogens is 1. The zero-order chi connectivity index (χ0) is 29.7. The second kappa shape index (κ2) is 12.9. The molecule has 2 heterocycles. The summed E-state index contributed by atoms with van der Waals surface area (Å²) in [5, 5.41) is 9.04. The fourth-order valence-corrected chi connectivity index (χ4v) is 5.48. The number of hydrogen-bond donors (Lipinski definition) is 1. The van der Waals surface area contributed by atoms with Crippen LogP contribution in [0.4, 0.5) is 0 Å². The van der Waals surface area contributed by atoms with E-state index in [0.29, 0.717) is 45.2 Å². The minimum absolute atomic E-state index is 0.0681. The molecule has 0 bridgehead atoms. The molecule has 1 aliphatic heterocycles. The second-order valence-corrected chi connectivity index (χ2v) is 9.88. The van der Waals surface area contributed by atoms with E-state index in [1.807, 2.05) is 13.8 Å². The van der Waals surface area contributed by atoms with Crippen molar-refractivity contribution in [1.82, 2.24) is 4.57 Å². The first-order valence-corrected chi connectivity index (χ1v) is 13.6. The number of rotatable bonds is 11. The molecule has 0 saturated heterocycles. The topological polar surface area (TPSA) is 135 Å². The number of carboxylic acid groups (broad SMARTS) is 1. The zero-order valence-electron chi connectivity index (χ0n) is 22.6. The van der Waals surface area contributed by atoms with E-state index in [1.54, 1.807) is 30.3 Å². The van der Waals surface area contributed by atoms with Crippen LogP contribution in [0.25, 0.3) is 6.08 Å². The number of carbonyl (C=O) groups excluding carboxylic acids is 1. The molecule has 1 aromatic heterocycles. The fourth-order valence-electron chi connectivity index (χ4n) is 4.24. The van der Waals surface area contributed by atoms with Crippen molar-refractivity contribution in [2.45, 2.75) is 19.9 Å². The van der Waals surface area contributed by atoms with Crippen LogP contribution in [0.1, 0.15) is 31.0 Å². The number of methoxy groups -OCH3 is 2. The number of halogens is 1. The van der Waals surface area contributed by atoms with Gasteiger partial charge in [-0.2, -0.15) is 0 Å². The van der Waals surface area contributed by atoms with E-state index in [0.717, 1.165) is 11.3 Å². The maximum atomic E-state index is 13.8. The van der Waals surface area contributed by atoms with E-state index in [1.165, 1.54) is 31.1 Å². The normalized spacial score (nSPS) is 14.4. The van der Waals surface area contributed by atoms with E-state index < -0.39 is 30.1 Å². The Hall–Kier alpha value is -4.29. The summed E-state index contributed by atoms with van der Waals surface area (Å²) in [6.45, 7) is 3.92. The summed E-state index contributed by atoms with van der Waals surface area (Å²) in [6.07, 6.45) is 3.00. The van der Waals surface area contributed by atoms with Gasteiger partial charge >= 0.3 is 11.9 Å². The summed E-state index contributed by atoms with van der Waals surface area (Å²) in [5.41, 5.74) is 0.869. The molecule has 1 N–H and O–H groups in total. The van der Waals surface area contributed by atoms with Gasteiger partial charge in [-0.05, 0) is 55.3 Å². The van der Waals surface area contributed by atoms with Crippen molar-refractivity contribution >= 4 is 41.0 Å². The number of carboxylic acids is 1. The minimum Gasteiger partial charge on any atom is -0.493 e. The molecule has 0 amide bonds. The van der Waals surface area contributed by atoms with Gasteiger partial charge in [-0.15, -0.1) is 0 Å². The van der Waals surface area contributed by atoms with Crippen molar-refractivity contribution in [2.75, 3.05) is 34.0 Å². The molecule has 1 aliphatic rings. The molecule has 0 radical (unpaired) electrons. The van der Waals surface area contributed by atoms with Gasteiger partial charge in [-0.25, -0.2) is 14.6 Å². The number of carbonyl (C=O) groups is 2. The van der Waals surface area contributed by atoms with Crippen LogP contribution in [0.3, 0.4) is 0 Å². The molecule has 3 aromatic rings. The maximum Gasteiger partial charge on any atom is 0.341 e. The lowest BCUT2D eigenvalue weighted by atomic mass is 9.97. The van der Waals surface area contributed by atoms with E-state index in [-0.39, 0.29) is 22.1 Å². The molecular weight excluding hydrogens is 576 g/mol. The van der Waals surface area contributed by atoms with Crippen LogP contribution in [0.2, 0.25) is 5.02 Å². The van der Waals surface area contributed by atoms with Gasteiger partial charge in [0, 0.05) is 6.20 Å². The predicted molar refractivity (Wildman–Crippen MR) is 151 cm³/mol. The van der Waals surface area contributed by atoms with Gasteiger partial charge in [-0.1, -0.05) is 29.0 Å². The monoisotopic (exact) mass is 602 g/mol. The molecule has 0 spiro atoms. The third kappa shape index (κ3) is 6.23. The summed E-state index contributed by atoms with van der Waals surface area (Å²) >= 11 is 7.48. The second-order valence-electron chi connectivity index (χ2n) is 8.46. The van der Waals surface area contributed by atoms with Gasteiger partial charge in [0.25, 0.3) is 5.56 Å². The van der Waals surface area contributed by atoms with Crippen molar-refractivity contribution in [3.05, 3.63) is 77.9 Å². The van der Waals surface area contributed by atoms with E-state index in [4.69, 9.17) is 40.4 Å². The molecule has 0 unspecified atom stereocenters. The van der Waals surface area contributed by atoms with Crippen molar-refractivity contribution in [1.29, 1.82) is 0 Å². The highest BCUT2D eigenvalue weighted by Gasteiger charge is 2.31. The number of aliphatic carboxylic acids is 1. The Morgan fingerprint density at radius 3 is 2.46 bits per heavy atom. The first-order chi connectivity index (χ1) is 19.7. The predicted octanol–water partition coefficient (Wildman–Crippen LogP) is 2.94. The number of nitrogens with zero attached hydrogens (tertiary/aromatic N) is 2. The quantitative estimate of drug-likeness (QED) is 0.329. The molecule has 0 fully saturated rings. The van der Waals surface area contributed by atoms with Crippen LogP contribution in [0.15, 0.2) is 51.9 Å². The molecule has 11 nitrogen and oxygen atoms in total. The van der Waals surface area contributed by atoms with Crippen molar-refractivity contribution < 1.29 is 38.4 Å². The number of fused-ring (bicyclic) bond motifs is 1. The minimum atomic E-state index is -1.17. The molecule has 216 valence electrons. The average Bonchev–Trinajstić information content (AvgIpc) is 3.27. The third-order valence-electron chi connectivity index (χ3n) is 5.90. The summed E-state index contributed by atoms with van der Waals surface area (Å²) in [6, 6.07) is 7.48. The van der Waals surface area contributed by atoms with Crippen LogP contribution in [0, 0.1) is 0 Å². The van der Waals surface area contributed by atoms with Crippen LogP contribution < -0.4 is 33.8 Å². The highest BCUT2D eigenvalue weighted by molar-refractivity contribution is 7.07. The van der Waals surface area contributed by atoms with E-state index in [2.05, 4.69) is 4.99 Å². The summed E-state index contributed by atoms with van der Waals surface area (Å²) < 4.78 is 28.8. The van der Waals surface area contributed by atoms with E-state index >= 15 is 0 Å². The Morgan fingerprint density at radius 2 is 1.80 bits per heavy atom. The van der Waals surface area contributed by atoms with Crippen LogP contribution in [0.5, 0.6) is 23.0 Å². The molecule has 4 rings (SSSR count). The van der Waals surface area contributed by atoms with Crippen LogP contribution in [-0.2, 0) is 14.3 Å². The lowest BCUT2D eigenvalue weighted by molar-refractivity contribution is -0.139. The Kier molecular flexibility index (Phi) is 9.35. The first-order valence-electron chi connectivity index (χ1n) is 12.4. The molecule has 0 saturated carbocycles. The number of thiazole rings is 1. The largest absolute Gasteiger partial charge is 0.493 e. The molecule has 13 heteroatoms. The lowest BCUT2D eigenvalue weighted by Gasteiger charge is -2.23. The Bertz CT molecular complexity index is 1690. The Labute approximate surface area is 243 Å². The molecule has 2 aromatic carbocycles. The number of hydrogen-bond acceptors (Lipinski definition) is 10. The zero-order valence-corrected chi connectivity index (χ0v) is 24.2. The van der Waals surface area contributed by atoms with Gasteiger partial charge in [0.05, 0.1) is 48.6 Å². The molecule has 41 heavy (non-hydrogen) atoms. The first kappa shape index (κ1) is 29.7. The number of benzene rings is 2. The van der Waals surface area contributed by atoms with Gasteiger partial charge in [0.15, 0.2) is 34.4 Å². The third-order valence-corrected chi connectivity index (χ3v) is 7.18. The van der Waals surface area contributed by atoms with Gasteiger partial charge in [-0.3, -0.25) is 9.36 Å². The van der Waals surface area contributed by atoms with Crippen molar-refractivity contribution in [3.63, 3.8) is 0 Å². The highest BCUT2D eigenvalue weighted by Crippen LogP contribution is 2.37. The van der Waals surface area contributed by atoms with Crippen molar-refractivity contribution in [3.8, 4) is 23.0 Å². The SMILES string of the molecule is CCOc1ccc([C@H]2C(C(=O)OC)=CN=c3s/c(=C\c4cc(Cl)c(OCC(=O)O)c(OC)c4)c(=O)n32)cc1OCC. The van der Waals surface area contributed by atoms with Crippen LogP contribution >= 0.6 is 22.9 Å². The van der Waals surface area contributed by atoms with Gasteiger partial charge in [0.1, 0.15) is 0 Å². The summed E-state index contributed by atoms with van der Waals surface area (Å²) in [5.74, 6) is -0.527. The summed E-state index contributed by atoms with van der Waals surface area (Å²) in [4.78, 5) is 42.3. The highest BCUT2D eigenvalue weighted by atomic mass is 35.5. The van der Waals surface area contributed by atoms with E-state index in [9.17, 15) is 14.4 Å². The number of esters is 1. The molecule has 0 aliphatic carbocycles. The lowest BCUT2D eigenvalue weighted by Crippen LogP contribution is -2.39. The van der Waals surface area contributed by atoms with Gasteiger partial charge in [0.2, 0.25) is 0 Å². The standard InChI is InChI=1S/C28H27ClN2O9S/c1-5-38-19-8-7-16(12-20(19)39-6-2)24-17(27(35)37-4)13-30-28-31(24)26(34)22(41-28)11-15-9-18(29)25(21(10-15)36-3)40-14-23(32)33/h7-13,24H,5-6,14H2,1-4H3,(H,32,33)/b22-11-/t24-/m0/s1. The smallest absolute Gasteiger partial charge is 0.341 e. The Balaban J connectivity index is 1.86. The molecular formula is C28H27ClN2O9S. The van der Waals surface area contributed by atoms with Gasteiger partial charge < -0.3 is 28.8 Å².